The van der Waals surface area contributed by atoms with Crippen LogP contribution in [-0.4, -0.2) is 27.7 Å². The first-order chi connectivity index (χ1) is 11.7. The minimum absolute atomic E-state index is 0.546. The summed E-state index contributed by atoms with van der Waals surface area (Å²) in [5.41, 5.74) is 1.90. The molecule has 0 radical (unpaired) electrons. The number of nitrogens with zero attached hydrogens (tertiary/aromatic N) is 4. The van der Waals surface area contributed by atoms with E-state index in [4.69, 9.17) is 4.84 Å². The lowest BCUT2D eigenvalue weighted by molar-refractivity contribution is -0.885. The summed E-state index contributed by atoms with van der Waals surface area (Å²) < 4.78 is 4.35. The van der Waals surface area contributed by atoms with Gasteiger partial charge in [0.2, 0.25) is 12.4 Å². The summed E-state index contributed by atoms with van der Waals surface area (Å²) in [7, 11) is 1.64. The number of anilines is 2. The summed E-state index contributed by atoms with van der Waals surface area (Å²) >= 11 is 3.51. The number of nitrogens with one attached hydrogen (secondary N) is 2. The van der Waals surface area contributed by atoms with Crippen LogP contribution in [0.1, 0.15) is 18.4 Å². The molecule has 1 fully saturated rings. The molecule has 0 bridgehead atoms. The molecule has 1 aliphatic carbocycles. The molecular weight excluding hydrogens is 372 g/mol. The summed E-state index contributed by atoms with van der Waals surface area (Å²) in [5.74, 6) is 1.76. The zero-order chi connectivity index (χ0) is 16.5. The number of hydrogen-bond acceptors (Lipinski definition) is 5. The van der Waals surface area contributed by atoms with Crippen molar-refractivity contribution in [3.05, 3.63) is 46.8 Å². The summed E-state index contributed by atoms with van der Waals surface area (Å²) in [5, 5.41) is 11.3. The average Bonchev–Trinajstić information content (AvgIpc) is 3.34. The highest BCUT2D eigenvalue weighted by molar-refractivity contribution is 9.10. The number of hydrogen-bond donors (Lipinski definition) is 2. The Bertz CT molecular complexity index is 876. The van der Waals surface area contributed by atoms with E-state index in [1.165, 1.54) is 12.8 Å². The zero-order valence-corrected chi connectivity index (χ0v) is 14.8. The highest BCUT2D eigenvalue weighted by Crippen LogP contribution is 2.27. The van der Waals surface area contributed by atoms with Gasteiger partial charge in [0.1, 0.15) is 18.7 Å². The minimum atomic E-state index is 0.546. The van der Waals surface area contributed by atoms with Gasteiger partial charge in [0.15, 0.2) is 5.65 Å². The van der Waals surface area contributed by atoms with Gasteiger partial charge in [-0.3, -0.25) is 4.84 Å². The third-order valence-electron chi connectivity index (χ3n) is 3.88. The van der Waals surface area contributed by atoms with E-state index < -0.39 is 0 Å². The fraction of sp³-hybridized carbons (Fsp3) is 0.312. The first-order valence-corrected chi connectivity index (χ1v) is 8.61. The standard InChI is InChI=1S/C16H18BrN6O/c1-24-22-6-2-3-11(10-22)8-18-15-7-14(20-12-4-5-12)21-16-13(17)9-19-23(15)16/h2-3,6-7,9-10,12,18H,4-5,8H2,1H3,(H,20,21)/q+1. The molecule has 3 aromatic rings. The monoisotopic (exact) mass is 389 g/mol. The van der Waals surface area contributed by atoms with Crippen LogP contribution >= 0.6 is 15.9 Å². The van der Waals surface area contributed by atoms with Crippen molar-refractivity contribution in [3.8, 4) is 0 Å². The van der Waals surface area contributed by atoms with E-state index >= 15 is 0 Å². The fourth-order valence-corrected chi connectivity index (χ4v) is 2.83. The normalized spacial score (nSPS) is 13.9. The molecule has 2 N–H and O–H groups in total. The number of pyridine rings is 1. The molecule has 0 atom stereocenters. The molecule has 0 saturated heterocycles. The molecule has 0 amide bonds. The van der Waals surface area contributed by atoms with Gasteiger partial charge in [0, 0.05) is 35.0 Å². The zero-order valence-electron chi connectivity index (χ0n) is 13.2. The van der Waals surface area contributed by atoms with Crippen LogP contribution in [0, 0.1) is 0 Å². The van der Waals surface area contributed by atoms with Crippen LogP contribution in [0.25, 0.3) is 5.65 Å². The highest BCUT2D eigenvalue weighted by atomic mass is 79.9. The van der Waals surface area contributed by atoms with E-state index in [0.717, 1.165) is 27.3 Å². The van der Waals surface area contributed by atoms with Crippen LogP contribution in [0.15, 0.2) is 41.3 Å². The summed E-state index contributed by atoms with van der Waals surface area (Å²) in [6.07, 6.45) is 7.97. The Labute approximate surface area is 147 Å². The number of aromatic nitrogens is 4. The van der Waals surface area contributed by atoms with Crippen molar-refractivity contribution in [1.29, 1.82) is 0 Å². The van der Waals surface area contributed by atoms with Crippen molar-refractivity contribution in [2.75, 3.05) is 17.7 Å². The van der Waals surface area contributed by atoms with Gasteiger partial charge in [-0.2, -0.15) is 9.61 Å². The lowest BCUT2D eigenvalue weighted by Crippen LogP contribution is -2.40. The van der Waals surface area contributed by atoms with E-state index in [1.807, 2.05) is 30.6 Å². The first kappa shape index (κ1) is 15.2. The molecule has 0 aromatic carbocycles. The smallest absolute Gasteiger partial charge is 0.227 e. The fourth-order valence-electron chi connectivity index (χ4n) is 2.48. The van der Waals surface area contributed by atoms with Crippen LogP contribution in [0.2, 0.25) is 0 Å². The molecule has 3 aromatic heterocycles. The Balaban J connectivity index is 1.61. The van der Waals surface area contributed by atoms with Gasteiger partial charge in [0.05, 0.1) is 10.7 Å². The second-order valence-electron chi connectivity index (χ2n) is 5.78. The molecule has 1 saturated carbocycles. The van der Waals surface area contributed by atoms with E-state index in [9.17, 15) is 0 Å². The quantitative estimate of drug-likeness (QED) is 0.631. The molecule has 1 aliphatic rings. The van der Waals surface area contributed by atoms with Gasteiger partial charge < -0.3 is 10.6 Å². The van der Waals surface area contributed by atoms with Crippen LogP contribution < -0.4 is 20.2 Å². The van der Waals surface area contributed by atoms with Crippen molar-refractivity contribution in [3.63, 3.8) is 0 Å². The molecular formula is C16H18BrN6O+. The Kier molecular flexibility index (Phi) is 3.97. The second kappa shape index (κ2) is 6.27. The molecule has 24 heavy (non-hydrogen) atoms. The molecule has 3 heterocycles. The lowest BCUT2D eigenvalue weighted by Gasteiger charge is -2.11. The Hall–Kier alpha value is -2.35. The van der Waals surface area contributed by atoms with Crippen LogP contribution in [0.4, 0.5) is 11.6 Å². The van der Waals surface area contributed by atoms with Gasteiger partial charge >= 0.3 is 0 Å². The van der Waals surface area contributed by atoms with Crippen molar-refractivity contribution in [2.45, 2.75) is 25.4 Å². The lowest BCUT2D eigenvalue weighted by atomic mass is 10.3. The Morgan fingerprint density at radius 3 is 3.12 bits per heavy atom. The highest BCUT2D eigenvalue weighted by Gasteiger charge is 2.22. The molecule has 124 valence electrons. The van der Waals surface area contributed by atoms with E-state index in [1.54, 1.807) is 22.6 Å². The molecule has 7 nitrogen and oxygen atoms in total. The summed E-state index contributed by atoms with van der Waals surface area (Å²) in [4.78, 5) is 9.83. The predicted octanol–water partition coefficient (Wildman–Crippen LogP) is 2.02. The third kappa shape index (κ3) is 3.14. The van der Waals surface area contributed by atoms with E-state index in [2.05, 4.69) is 36.6 Å². The van der Waals surface area contributed by atoms with Crippen LogP contribution in [0.5, 0.6) is 0 Å². The van der Waals surface area contributed by atoms with E-state index in [-0.39, 0.29) is 0 Å². The maximum Gasteiger partial charge on any atom is 0.227 e. The van der Waals surface area contributed by atoms with Crippen molar-refractivity contribution >= 4 is 33.2 Å². The SMILES string of the molecule is CO[n+]1cccc(CNc2cc(NC3CC3)nc3c(Br)cnn23)c1. The van der Waals surface area contributed by atoms with Gasteiger partial charge in [-0.1, -0.05) is 0 Å². The van der Waals surface area contributed by atoms with Crippen molar-refractivity contribution < 1.29 is 9.57 Å². The largest absolute Gasteiger partial charge is 0.367 e. The third-order valence-corrected chi connectivity index (χ3v) is 4.44. The van der Waals surface area contributed by atoms with Crippen molar-refractivity contribution in [1.82, 2.24) is 14.6 Å². The summed E-state index contributed by atoms with van der Waals surface area (Å²) in [6.45, 7) is 0.656. The molecule has 0 spiro atoms. The van der Waals surface area contributed by atoms with Crippen LogP contribution in [-0.2, 0) is 6.54 Å². The maximum absolute atomic E-state index is 5.20. The van der Waals surface area contributed by atoms with Gasteiger partial charge in [-0.25, -0.2) is 4.98 Å². The van der Waals surface area contributed by atoms with E-state index in [0.29, 0.717) is 12.6 Å². The Morgan fingerprint density at radius 1 is 1.46 bits per heavy atom. The van der Waals surface area contributed by atoms with Gasteiger partial charge in [0.25, 0.3) is 0 Å². The maximum atomic E-state index is 5.20. The Morgan fingerprint density at radius 2 is 2.33 bits per heavy atom. The number of rotatable bonds is 6. The van der Waals surface area contributed by atoms with Crippen molar-refractivity contribution in [2.24, 2.45) is 0 Å². The number of halogens is 1. The topological polar surface area (TPSA) is 67.4 Å². The average molecular weight is 390 g/mol. The molecule has 8 heteroatoms. The predicted molar refractivity (Wildman–Crippen MR) is 93.8 cm³/mol. The van der Waals surface area contributed by atoms with Gasteiger partial charge in [-0.15, -0.1) is 0 Å². The molecule has 0 unspecified atom stereocenters. The molecule has 0 aliphatic heterocycles. The first-order valence-electron chi connectivity index (χ1n) is 7.82. The van der Waals surface area contributed by atoms with Crippen LogP contribution in [0.3, 0.4) is 0 Å². The van der Waals surface area contributed by atoms with Gasteiger partial charge in [-0.05, 0) is 34.8 Å². The summed E-state index contributed by atoms with van der Waals surface area (Å²) in [6, 6.07) is 6.54. The second-order valence-corrected chi connectivity index (χ2v) is 6.64. The molecule has 4 rings (SSSR count). The minimum Gasteiger partial charge on any atom is -0.367 e. The number of fused-ring (bicyclic) bond motifs is 1.